The zero-order valence-corrected chi connectivity index (χ0v) is 13.7. The molecule has 6 heteroatoms. The number of benzene rings is 2. The van der Waals surface area contributed by atoms with E-state index >= 15 is 0 Å². The summed E-state index contributed by atoms with van der Waals surface area (Å²) in [6.07, 6.45) is 0. The third-order valence-corrected chi connectivity index (χ3v) is 4.40. The normalized spacial score (nSPS) is 10.5. The summed E-state index contributed by atoms with van der Waals surface area (Å²) in [5, 5.41) is 0. The Morgan fingerprint density at radius 3 is 2.00 bits per heavy atom. The number of nitrogens with two attached hydrogens (primary N) is 1. The molecule has 0 unspecified atom stereocenters. The van der Waals surface area contributed by atoms with E-state index in [1.807, 2.05) is 13.8 Å². The van der Waals surface area contributed by atoms with Crippen LogP contribution < -0.4 is 10.5 Å². The summed E-state index contributed by atoms with van der Waals surface area (Å²) in [6, 6.07) is 5.49. The van der Waals surface area contributed by atoms with Crippen LogP contribution in [0.2, 0.25) is 0 Å². The molecule has 0 atom stereocenters. The first-order chi connectivity index (χ1) is 9.79. The molecule has 0 aromatic heterocycles. The van der Waals surface area contributed by atoms with E-state index in [0.29, 0.717) is 5.75 Å². The van der Waals surface area contributed by atoms with Crippen LogP contribution in [0, 0.1) is 25.5 Å². The fraction of sp³-hybridized carbons (Fsp3) is 0.133. The van der Waals surface area contributed by atoms with Gasteiger partial charge in [-0.3, -0.25) is 0 Å². The van der Waals surface area contributed by atoms with Gasteiger partial charge in [0.15, 0.2) is 17.4 Å². The highest BCUT2D eigenvalue weighted by Gasteiger charge is 2.15. The van der Waals surface area contributed by atoms with Crippen molar-refractivity contribution in [1.82, 2.24) is 0 Å². The Morgan fingerprint density at radius 1 is 1.10 bits per heavy atom. The third-order valence-electron chi connectivity index (χ3n) is 2.91. The minimum Gasteiger partial charge on any atom is -0.451 e. The SMILES string of the molecule is Cc1cc(Oc2c(F)cc(C(N)=S)cc2F)cc(C)c1Br. The standard InChI is InChI=1S/C15H12BrF2NOS/c1-7-3-10(4-8(2)13(7)16)20-14-11(17)5-9(15(19)21)6-12(14)18/h3-6H,1-2H3,(H2,19,21). The summed E-state index contributed by atoms with van der Waals surface area (Å²) in [5.74, 6) is -1.82. The largest absolute Gasteiger partial charge is 0.451 e. The molecule has 2 rings (SSSR count). The summed E-state index contributed by atoms with van der Waals surface area (Å²) in [4.78, 5) is -0.0744. The van der Waals surface area contributed by atoms with Crippen LogP contribution >= 0.6 is 28.1 Å². The molecular weight excluding hydrogens is 360 g/mol. The van der Waals surface area contributed by atoms with Gasteiger partial charge in [-0.25, -0.2) is 8.78 Å². The maximum Gasteiger partial charge on any atom is 0.198 e. The monoisotopic (exact) mass is 371 g/mol. The van der Waals surface area contributed by atoms with Gasteiger partial charge in [0.05, 0.1) is 0 Å². The molecule has 0 aliphatic rings. The van der Waals surface area contributed by atoms with Gasteiger partial charge in [0.2, 0.25) is 0 Å². The van der Waals surface area contributed by atoms with Gasteiger partial charge in [-0.1, -0.05) is 28.1 Å². The van der Waals surface area contributed by atoms with Gasteiger partial charge in [-0.05, 0) is 49.2 Å². The summed E-state index contributed by atoms with van der Waals surface area (Å²) in [5.41, 5.74) is 7.30. The second kappa shape index (κ2) is 6.07. The first-order valence-corrected chi connectivity index (χ1v) is 7.23. The highest BCUT2D eigenvalue weighted by Crippen LogP contribution is 2.32. The summed E-state index contributed by atoms with van der Waals surface area (Å²) >= 11 is 8.12. The van der Waals surface area contributed by atoms with Crippen LogP contribution in [0.1, 0.15) is 16.7 Å². The lowest BCUT2D eigenvalue weighted by Crippen LogP contribution is -2.10. The van der Waals surface area contributed by atoms with Gasteiger partial charge in [-0.2, -0.15) is 0 Å². The molecule has 0 saturated carbocycles. The second-order valence-corrected chi connectivity index (χ2v) is 5.84. The van der Waals surface area contributed by atoms with Crippen LogP contribution in [-0.4, -0.2) is 4.99 Å². The maximum atomic E-state index is 13.9. The number of hydrogen-bond donors (Lipinski definition) is 1. The number of halogens is 3. The van der Waals surface area contributed by atoms with E-state index in [0.717, 1.165) is 27.7 Å². The Labute approximate surface area is 135 Å². The molecule has 2 N–H and O–H groups in total. The summed E-state index contributed by atoms with van der Waals surface area (Å²) in [6.45, 7) is 3.74. The van der Waals surface area contributed by atoms with Crippen LogP contribution in [0.3, 0.4) is 0 Å². The molecule has 110 valence electrons. The Bertz CT molecular complexity index is 688. The minimum atomic E-state index is -0.851. The zero-order valence-electron chi connectivity index (χ0n) is 11.3. The maximum absolute atomic E-state index is 13.9. The molecule has 2 nitrogen and oxygen atoms in total. The van der Waals surface area contributed by atoms with E-state index < -0.39 is 17.4 Å². The zero-order chi connectivity index (χ0) is 15.7. The molecule has 0 aliphatic heterocycles. The molecule has 2 aromatic rings. The van der Waals surface area contributed by atoms with Crippen LogP contribution in [0.4, 0.5) is 8.78 Å². The van der Waals surface area contributed by atoms with E-state index in [9.17, 15) is 8.78 Å². The van der Waals surface area contributed by atoms with Crippen LogP contribution in [-0.2, 0) is 0 Å². The van der Waals surface area contributed by atoms with E-state index in [1.54, 1.807) is 12.1 Å². The highest BCUT2D eigenvalue weighted by molar-refractivity contribution is 9.10. The van der Waals surface area contributed by atoms with Crippen LogP contribution in [0.5, 0.6) is 11.5 Å². The Kier molecular flexibility index (Phi) is 4.58. The van der Waals surface area contributed by atoms with Gasteiger partial charge < -0.3 is 10.5 Å². The van der Waals surface area contributed by atoms with Crippen molar-refractivity contribution in [2.45, 2.75) is 13.8 Å². The van der Waals surface area contributed by atoms with Crippen molar-refractivity contribution in [3.05, 3.63) is 57.1 Å². The van der Waals surface area contributed by atoms with Crippen molar-refractivity contribution in [2.75, 3.05) is 0 Å². The average molecular weight is 372 g/mol. The molecule has 0 radical (unpaired) electrons. The molecule has 0 saturated heterocycles. The molecule has 0 heterocycles. The predicted octanol–water partition coefficient (Wildman–Crippen LogP) is 4.77. The first-order valence-electron chi connectivity index (χ1n) is 6.03. The van der Waals surface area contributed by atoms with E-state index in [2.05, 4.69) is 15.9 Å². The van der Waals surface area contributed by atoms with Crippen molar-refractivity contribution >= 4 is 33.1 Å². The number of aryl methyl sites for hydroxylation is 2. The van der Waals surface area contributed by atoms with Crippen molar-refractivity contribution in [2.24, 2.45) is 5.73 Å². The van der Waals surface area contributed by atoms with Crippen LogP contribution in [0.25, 0.3) is 0 Å². The average Bonchev–Trinajstić information content (AvgIpc) is 2.39. The van der Waals surface area contributed by atoms with Crippen LogP contribution in [0.15, 0.2) is 28.7 Å². The molecule has 0 amide bonds. The van der Waals surface area contributed by atoms with Gasteiger partial charge in [0, 0.05) is 10.0 Å². The number of thiocarbonyl (C=S) groups is 1. The van der Waals surface area contributed by atoms with Gasteiger partial charge in [-0.15, -0.1) is 0 Å². The molecule has 0 aliphatic carbocycles. The number of hydrogen-bond acceptors (Lipinski definition) is 2. The second-order valence-electron chi connectivity index (χ2n) is 4.61. The minimum absolute atomic E-state index is 0.0744. The quantitative estimate of drug-likeness (QED) is 0.789. The lowest BCUT2D eigenvalue weighted by molar-refractivity contribution is 0.407. The van der Waals surface area contributed by atoms with Gasteiger partial charge in [0.25, 0.3) is 0 Å². The van der Waals surface area contributed by atoms with Crippen molar-refractivity contribution in [3.63, 3.8) is 0 Å². The smallest absolute Gasteiger partial charge is 0.198 e. The lowest BCUT2D eigenvalue weighted by Gasteiger charge is -2.12. The highest BCUT2D eigenvalue weighted by atomic mass is 79.9. The molecule has 0 spiro atoms. The molecule has 2 aromatic carbocycles. The van der Waals surface area contributed by atoms with Gasteiger partial charge >= 0.3 is 0 Å². The summed E-state index contributed by atoms with van der Waals surface area (Å²) < 4.78 is 34.2. The topological polar surface area (TPSA) is 35.2 Å². The Hall–Kier alpha value is -1.53. The predicted molar refractivity (Wildman–Crippen MR) is 85.9 cm³/mol. The van der Waals surface area contributed by atoms with Crippen molar-refractivity contribution < 1.29 is 13.5 Å². The van der Waals surface area contributed by atoms with E-state index in [4.69, 9.17) is 22.7 Å². The summed E-state index contributed by atoms with van der Waals surface area (Å²) in [7, 11) is 0. The van der Waals surface area contributed by atoms with Gasteiger partial charge in [0.1, 0.15) is 10.7 Å². The van der Waals surface area contributed by atoms with E-state index in [1.165, 1.54) is 0 Å². The Balaban J connectivity index is 2.43. The third kappa shape index (κ3) is 3.39. The molecule has 0 bridgehead atoms. The first kappa shape index (κ1) is 15.9. The fourth-order valence-corrected chi connectivity index (χ4v) is 2.23. The number of rotatable bonds is 3. The number of ether oxygens (including phenoxy) is 1. The fourth-order valence-electron chi connectivity index (χ4n) is 1.88. The molecule has 21 heavy (non-hydrogen) atoms. The van der Waals surface area contributed by atoms with Crippen molar-refractivity contribution in [3.8, 4) is 11.5 Å². The van der Waals surface area contributed by atoms with Crippen molar-refractivity contribution in [1.29, 1.82) is 0 Å². The van der Waals surface area contributed by atoms with E-state index in [-0.39, 0.29) is 10.6 Å². The molecule has 0 fully saturated rings. The molecular formula is C15H12BrF2NOS. The lowest BCUT2D eigenvalue weighted by atomic mass is 10.1. The Morgan fingerprint density at radius 2 is 1.57 bits per heavy atom.